The minimum atomic E-state index is -0.124. The summed E-state index contributed by atoms with van der Waals surface area (Å²) in [4.78, 5) is 29.7. The third-order valence-electron chi connectivity index (χ3n) is 5.91. The first-order valence-electron chi connectivity index (χ1n) is 10.2. The van der Waals surface area contributed by atoms with E-state index in [4.69, 9.17) is 4.74 Å². The van der Waals surface area contributed by atoms with E-state index >= 15 is 0 Å². The molecule has 29 heavy (non-hydrogen) atoms. The number of anilines is 1. The van der Waals surface area contributed by atoms with Crippen LogP contribution in [-0.4, -0.2) is 44.4 Å². The molecular formula is C23H27N2O3S+. The number of hydrogen-bond donors (Lipinski definition) is 1. The predicted molar refractivity (Wildman–Crippen MR) is 114 cm³/mol. The summed E-state index contributed by atoms with van der Waals surface area (Å²) >= 11 is 1.81. The van der Waals surface area contributed by atoms with E-state index in [1.165, 1.54) is 17.6 Å². The van der Waals surface area contributed by atoms with E-state index in [1.54, 1.807) is 0 Å². The summed E-state index contributed by atoms with van der Waals surface area (Å²) < 4.78 is 4.88. The van der Waals surface area contributed by atoms with Crippen molar-refractivity contribution < 1.29 is 19.2 Å². The molecule has 0 aliphatic carbocycles. The Balaban J connectivity index is 1.52. The zero-order valence-electron chi connectivity index (χ0n) is 16.7. The van der Waals surface area contributed by atoms with Crippen molar-refractivity contribution in [3.05, 3.63) is 60.2 Å². The van der Waals surface area contributed by atoms with Gasteiger partial charge in [-0.1, -0.05) is 42.5 Å². The molecule has 5 nitrogen and oxygen atoms in total. The van der Waals surface area contributed by atoms with Gasteiger partial charge in [0.25, 0.3) is 5.91 Å². The summed E-state index contributed by atoms with van der Waals surface area (Å²) in [6.45, 7) is 2.10. The van der Waals surface area contributed by atoms with Gasteiger partial charge in [0.15, 0.2) is 6.54 Å². The van der Waals surface area contributed by atoms with Crippen molar-refractivity contribution in [2.24, 2.45) is 5.92 Å². The molecule has 152 valence electrons. The number of nitrogens with zero attached hydrogens (tertiary/aromatic N) is 1. The molecular weight excluding hydrogens is 384 g/mol. The predicted octanol–water partition coefficient (Wildman–Crippen LogP) is 2.33. The zero-order valence-corrected chi connectivity index (χ0v) is 17.5. The molecule has 0 bridgehead atoms. The number of amides is 1. The molecule has 2 aliphatic heterocycles. The van der Waals surface area contributed by atoms with Crippen molar-refractivity contribution in [2.75, 3.05) is 37.4 Å². The molecule has 6 heteroatoms. The largest absolute Gasteiger partial charge is 0.469 e. The van der Waals surface area contributed by atoms with Gasteiger partial charge in [0.05, 0.1) is 37.8 Å². The Morgan fingerprint density at radius 3 is 2.48 bits per heavy atom. The minimum absolute atomic E-state index is 0.0250. The lowest BCUT2D eigenvalue weighted by atomic mass is 9.97. The van der Waals surface area contributed by atoms with Crippen molar-refractivity contribution in [3.8, 4) is 0 Å². The molecule has 1 fully saturated rings. The van der Waals surface area contributed by atoms with E-state index in [2.05, 4.69) is 18.2 Å². The van der Waals surface area contributed by atoms with E-state index in [0.29, 0.717) is 6.54 Å². The highest BCUT2D eigenvalue weighted by atomic mass is 32.2. The van der Waals surface area contributed by atoms with Crippen LogP contribution in [0.2, 0.25) is 0 Å². The van der Waals surface area contributed by atoms with Gasteiger partial charge in [0, 0.05) is 23.5 Å². The van der Waals surface area contributed by atoms with Crippen LogP contribution in [0.5, 0.6) is 0 Å². The average Bonchev–Trinajstić information content (AvgIpc) is 2.78. The molecule has 1 saturated heterocycles. The lowest BCUT2D eigenvalue weighted by Crippen LogP contribution is -3.14. The first-order chi connectivity index (χ1) is 14.2. The van der Waals surface area contributed by atoms with Crippen LogP contribution in [0, 0.1) is 5.92 Å². The fourth-order valence-corrected chi connectivity index (χ4v) is 5.49. The van der Waals surface area contributed by atoms with Crippen LogP contribution in [0.25, 0.3) is 0 Å². The number of carbonyl (C=O) groups is 2. The van der Waals surface area contributed by atoms with E-state index in [1.807, 2.05) is 53.1 Å². The molecule has 0 saturated carbocycles. The average molecular weight is 412 g/mol. The zero-order chi connectivity index (χ0) is 20.2. The fourth-order valence-electron chi connectivity index (χ4n) is 4.32. The number of quaternary nitrogens is 1. The number of piperidine rings is 1. The Hall–Kier alpha value is -2.31. The van der Waals surface area contributed by atoms with Crippen molar-refractivity contribution >= 4 is 29.3 Å². The summed E-state index contributed by atoms with van der Waals surface area (Å²) in [6.07, 6.45) is 1.56. The van der Waals surface area contributed by atoms with Gasteiger partial charge in [-0.05, 0) is 17.7 Å². The van der Waals surface area contributed by atoms with Crippen LogP contribution in [0.3, 0.4) is 0 Å². The minimum Gasteiger partial charge on any atom is -0.469 e. The highest BCUT2D eigenvalue weighted by molar-refractivity contribution is 7.99. The van der Waals surface area contributed by atoms with E-state index in [0.717, 1.165) is 42.3 Å². The van der Waals surface area contributed by atoms with Gasteiger partial charge in [-0.2, -0.15) is 0 Å². The Morgan fingerprint density at radius 1 is 1.07 bits per heavy atom. The quantitative estimate of drug-likeness (QED) is 0.785. The molecule has 1 atom stereocenters. The number of rotatable bonds is 4. The monoisotopic (exact) mass is 411 g/mol. The molecule has 0 unspecified atom stereocenters. The van der Waals surface area contributed by atoms with Crippen LogP contribution >= 0.6 is 11.8 Å². The molecule has 2 aromatic carbocycles. The van der Waals surface area contributed by atoms with Gasteiger partial charge in [0.2, 0.25) is 0 Å². The van der Waals surface area contributed by atoms with E-state index in [-0.39, 0.29) is 23.8 Å². The first kappa shape index (κ1) is 20.0. The van der Waals surface area contributed by atoms with Gasteiger partial charge in [0.1, 0.15) is 0 Å². The molecule has 2 aliphatic rings. The van der Waals surface area contributed by atoms with Crippen LogP contribution in [0.15, 0.2) is 59.5 Å². The summed E-state index contributed by atoms with van der Waals surface area (Å²) in [5.74, 6) is 0.856. The summed E-state index contributed by atoms with van der Waals surface area (Å²) in [5, 5.41) is 0. The highest BCUT2D eigenvalue weighted by Gasteiger charge is 2.35. The number of thioether (sulfide) groups is 1. The topological polar surface area (TPSA) is 51.1 Å². The third kappa shape index (κ3) is 4.33. The lowest BCUT2D eigenvalue weighted by molar-refractivity contribution is -0.897. The smallest absolute Gasteiger partial charge is 0.309 e. The Kier molecular flexibility index (Phi) is 6.21. The standard InChI is InChI=1S/C23H26N2O3S/c1-28-23(27)18-11-13-24(14-12-18)15-22(26)25-19-9-5-6-10-21(19)29-16-20(25)17-7-3-2-4-8-17/h2-10,18,20H,11-16H2,1H3/p+1/t20-/m0/s1. The van der Waals surface area contributed by atoms with Gasteiger partial charge < -0.3 is 9.64 Å². The molecule has 1 N–H and O–H groups in total. The Bertz CT molecular complexity index is 865. The molecule has 2 heterocycles. The lowest BCUT2D eigenvalue weighted by Gasteiger charge is -2.38. The number of esters is 1. The summed E-state index contributed by atoms with van der Waals surface area (Å²) in [6, 6.07) is 18.5. The number of para-hydroxylation sites is 1. The number of likely N-dealkylation sites (tertiary alicyclic amines) is 1. The SMILES string of the molecule is COC(=O)C1CC[NH+](CC(=O)N2c3ccccc3SC[C@H]2c2ccccc2)CC1. The van der Waals surface area contributed by atoms with E-state index in [9.17, 15) is 9.59 Å². The number of hydrogen-bond acceptors (Lipinski definition) is 4. The van der Waals surface area contributed by atoms with Gasteiger partial charge in [-0.3, -0.25) is 14.5 Å². The van der Waals surface area contributed by atoms with Gasteiger partial charge in [-0.25, -0.2) is 0 Å². The number of methoxy groups -OCH3 is 1. The normalized spacial score (nSPS) is 23.9. The maximum absolute atomic E-state index is 13.5. The molecule has 1 amide bonds. The summed E-state index contributed by atoms with van der Waals surface area (Å²) in [5.41, 5.74) is 2.17. The number of benzene rings is 2. The Labute approximate surface area is 176 Å². The van der Waals surface area contributed by atoms with Gasteiger partial charge in [-0.15, -0.1) is 11.8 Å². The van der Waals surface area contributed by atoms with E-state index < -0.39 is 0 Å². The maximum atomic E-state index is 13.5. The molecule has 2 aromatic rings. The van der Waals surface area contributed by atoms with Crippen molar-refractivity contribution in [2.45, 2.75) is 23.8 Å². The number of nitrogens with one attached hydrogen (secondary N) is 1. The van der Waals surface area contributed by atoms with Crippen molar-refractivity contribution in [1.29, 1.82) is 0 Å². The molecule has 4 rings (SSSR count). The van der Waals surface area contributed by atoms with Crippen molar-refractivity contribution in [1.82, 2.24) is 0 Å². The number of carbonyl (C=O) groups excluding carboxylic acids is 2. The second kappa shape index (κ2) is 9.01. The Morgan fingerprint density at radius 2 is 1.76 bits per heavy atom. The van der Waals surface area contributed by atoms with Gasteiger partial charge >= 0.3 is 5.97 Å². The second-order valence-electron chi connectivity index (χ2n) is 7.69. The molecule has 0 radical (unpaired) electrons. The second-order valence-corrected chi connectivity index (χ2v) is 8.75. The first-order valence-corrected chi connectivity index (χ1v) is 11.2. The van der Waals surface area contributed by atoms with Crippen molar-refractivity contribution in [3.63, 3.8) is 0 Å². The maximum Gasteiger partial charge on any atom is 0.309 e. The van der Waals surface area contributed by atoms with Crippen LogP contribution in [0.4, 0.5) is 5.69 Å². The third-order valence-corrected chi connectivity index (χ3v) is 7.05. The molecule has 0 spiro atoms. The highest BCUT2D eigenvalue weighted by Crippen LogP contribution is 2.42. The molecule has 0 aromatic heterocycles. The number of fused-ring (bicyclic) bond motifs is 1. The fraction of sp³-hybridized carbons (Fsp3) is 0.391. The van der Waals surface area contributed by atoms with Crippen LogP contribution in [-0.2, 0) is 14.3 Å². The van der Waals surface area contributed by atoms with Crippen LogP contribution in [0.1, 0.15) is 24.4 Å². The summed E-state index contributed by atoms with van der Waals surface area (Å²) in [7, 11) is 1.45. The number of ether oxygens (including phenoxy) is 1. The van der Waals surface area contributed by atoms with Crippen LogP contribution < -0.4 is 9.80 Å².